The fourth-order valence-corrected chi connectivity index (χ4v) is 4.68. The molecule has 2 N–H and O–H groups in total. The Morgan fingerprint density at radius 2 is 1.89 bits per heavy atom. The normalized spacial score (nSPS) is 43.0. The van der Waals surface area contributed by atoms with E-state index in [4.69, 9.17) is 5.73 Å². The van der Waals surface area contributed by atoms with Gasteiger partial charge >= 0.3 is 0 Å². The minimum atomic E-state index is 0.342. The Morgan fingerprint density at radius 3 is 2.50 bits per heavy atom. The minimum absolute atomic E-state index is 0.342. The lowest BCUT2D eigenvalue weighted by atomic mass is 9.86. The number of hydrogen-bond donors (Lipinski definition) is 1. The van der Waals surface area contributed by atoms with Crippen molar-refractivity contribution >= 4 is 0 Å². The first kappa shape index (κ1) is 12.9. The number of likely N-dealkylation sites (tertiary alicyclic amines) is 2. The largest absolute Gasteiger partial charge is 0.329 e. The molecule has 3 fully saturated rings. The van der Waals surface area contributed by atoms with Gasteiger partial charge in [-0.1, -0.05) is 13.3 Å². The molecule has 0 aromatic carbocycles. The highest BCUT2D eigenvalue weighted by Crippen LogP contribution is 2.41. The van der Waals surface area contributed by atoms with Crippen molar-refractivity contribution in [3.05, 3.63) is 0 Å². The van der Waals surface area contributed by atoms with Crippen LogP contribution in [0.1, 0.15) is 45.4 Å². The molecule has 0 spiro atoms. The Labute approximate surface area is 112 Å². The first-order valence-corrected chi connectivity index (χ1v) is 7.95. The van der Waals surface area contributed by atoms with Gasteiger partial charge in [-0.05, 0) is 51.1 Å². The van der Waals surface area contributed by atoms with E-state index < -0.39 is 0 Å². The standard InChI is InChI=1S/C15H29N3/c1-13-5-4-7-15(13,12-16)18-10-6-14(11-18)17-8-2-3-9-17/h13-14H,2-12,16H2,1H3. The zero-order chi connectivity index (χ0) is 12.6. The van der Waals surface area contributed by atoms with Crippen LogP contribution in [0, 0.1) is 5.92 Å². The zero-order valence-electron chi connectivity index (χ0n) is 11.9. The molecule has 3 heteroatoms. The molecule has 1 aliphatic carbocycles. The maximum absolute atomic E-state index is 6.18. The molecule has 3 unspecified atom stereocenters. The van der Waals surface area contributed by atoms with Crippen molar-refractivity contribution in [3.63, 3.8) is 0 Å². The second-order valence-corrected chi connectivity index (χ2v) is 6.73. The van der Waals surface area contributed by atoms with Crippen LogP contribution in [0.4, 0.5) is 0 Å². The van der Waals surface area contributed by atoms with E-state index in [9.17, 15) is 0 Å². The summed E-state index contributed by atoms with van der Waals surface area (Å²) in [7, 11) is 0. The van der Waals surface area contributed by atoms with E-state index in [1.165, 1.54) is 64.7 Å². The Kier molecular flexibility index (Phi) is 3.65. The van der Waals surface area contributed by atoms with Crippen LogP contribution in [-0.2, 0) is 0 Å². The molecule has 3 nitrogen and oxygen atoms in total. The van der Waals surface area contributed by atoms with Gasteiger partial charge < -0.3 is 5.73 Å². The van der Waals surface area contributed by atoms with Crippen LogP contribution in [-0.4, -0.2) is 54.1 Å². The molecule has 3 rings (SSSR count). The lowest BCUT2D eigenvalue weighted by molar-refractivity contribution is 0.0800. The smallest absolute Gasteiger partial charge is 0.0357 e. The molecule has 3 aliphatic rings. The van der Waals surface area contributed by atoms with Crippen LogP contribution in [0.5, 0.6) is 0 Å². The van der Waals surface area contributed by atoms with Gasteiger partial charge in [0.2, 0.25) is 0 Å². The van der Waals surface area contributed by atoms with E-state index in [-0.39, 0.29) is 0 Å². The quantitative estimate of drug-likeness (QED) is 0.828. The third-order valence-corrected chi connectivity index (χ3v) is 5.97. The van der Waals surface area contributed by atoms with Crippen molar-refractivity contribution in [1.82, 2.24) is 9.80 Å². The third kappa shape index (κ3) is 2.00. The Morgan fingerprint density at radius 1 is 1.11 bits per heavy atom. The van der Waals surface area contributed by atoms with Crippen LogP contribution >= 0.6 is 0 Å². The van der Waals surface area contributed by atoms with Gasteiger partial charge in [-0.2, -0.15) is 0 Å². The second kappa shape index (κ2) is 5.10. The monoisotopic (exact) mass is 251 g/mol. The van der Waals surface area contributed by atoms with Gasteiger partial charge in [0, 0.05) is 31.2 Å². The van der Waals surface area contributed by atoms with Crippen LogP contribution in [0.15, 0.2) is 0 Å². The molecule has 2 aliphatic heterocycles. The zero-order valence-corrected chi connectivity index (χ0v) is 11.9. The first-order valence-electron chi connectivity index (χ1n) is 7.95. The Bertz CT molecular complexity index is 287. The molecule has 0 amide bonds. The van der Waals surface area contributed by atoms with Gasteiger partial charge in [-0.25, -0.2) is 0 Å². The van der Waals surface area contributed by atoms with Gasteiger partial charge in [0.15, 0.2) is 0 Å². The maximum atomic E-state index is 6.18. The lowest BCUT2D eigenvalue weighted by Gasteiger charge is -2.42. The van der Waals surface area contributed by atoms with Crippen LogP contribution in [0.3, 0.4) is 0 Å². The highest BCUT2D eigenvalue weighted by Gasteiger charge is 2.46. The number of nitrogens with two attached hydrogens (primary N) is 1. The van der Waals surface area contributed by atoms with Crippen molar-refractivity contribution in [3.8, 4) is 0 Å². The molecule has 18 heavy (non-hydrogen) atoms. The first-order chi connectivity index (χ1) is 8.76. The summed E-state index contributed by atoms with van der Waals surface area (Å²) < 4.78 is 0. The predicted molar refractivity (Wildman–Crippen MR) is 75.6 cm³/mol. The highest BCUT2D eigenvalue weighted by atomic mass is 15.3. The summed E-state index contributed by atoms with van der Waals surface area (Å²) in [5, 5.41) is 0. The molecular weight excluding hydrogens is 222 g/mol. The van der Waals surface area contributed by atoms with E-state index in [1.54, 1.807) is 0 Å². The fourth-order valence-electron chi connectivity index (χ4n) is 4.68. The van der Waals surface area contributed by atoms with Crippen molar-refractivity contribution in [1.29, 1.82) is 0 Å². The van der Waals surface area contributed by atoms with E-state index in [0.29, 0.717) is 5.54 Å². The molecule has 3 atom stereocenters. The Hall–Kier alpha value is -0.120. The number of nitrogens with zero attached hydrogens (tertiary/aromatic N) is 2. The second-order valence-electron chi connectivity index (χ2n) is 6.73. The van der Waals surface area contributed by atoms with Gasteiger partial charge in [0.1, 0.15) is 0 Å². The average molecular weight is 251 g/mol. The van der Waals surface area contributed by atoms with E-state index in [0.717, 1.165) is 18.5 Å². The average Bonchev–Trinajstić information content (AvgIpc) is 3.09. The summed E-state index contributed by atoms with van der Waals surface area (Å²) in [6.45, 7) is 8.52. The van der Waals surface area contributed by atoms with Crippen LogP contribution in [0.25, 0.3) is 0 Å². The van der Waals surface area contributed by atoms with Gasteiger partial charge in [-0.15, -0.1) is 0 Å². The lowest BCUT2D eigenvalue weighted by Crippen LogP contribution is -2.55. The maximum Gasteiger partial charge on any atom is 0.0357 e. The number of rotatable bonds is 3. The van der Waals surface area contributed by atoms with Crippen molar-refractivity contribution in [2.24, 2.45) is 11.7 Å². The predicted octanol–water partition coefficient (Wildman–Crippen LogP) is 1.67. The summed E-state index contributed by atoms with van der Waals surface area (Å²) in [4.78, 5) is 5.48. The molecule has 104 valence electrons. The molecule has 0 radical (unpaired) electrons. The molecule has 0 aromatic heterocycles. The molecule has 0 aromatic rings. The van der Waals surface area contributed by atoms with Crippen molar-refractivity contribution in [2.75, 3.05) is 32.7 Å². The van der Waals surface area contributed by atoms with E-state index >= 15 is 0 Å². The van der Waals surface area contributed by atoms with Crippen LogP contribution < -0.4 is 5.73 Å². The molecule has 1 saturated carbocycles. The van der Waals surface area contributed by atoms with E-state index in [2.05, 4.69) is 16.7 Å². The van der Waals surface area contributed by atoms with Crippen LogP contribution in [0.2, 0.25) is 0 Å². The molecule has 2 saturated heterocycles. The number of hydrogen-bond acceptors (Lipinski definition) is 3. The summed E-state index contributed by atoms with van der Waals surface area (Å²) in [5.41, 5.74) is 6.52. The minimum Gasteiger partial charge on any atom is -0.329 e. The molecular formula is C15H29N3. The summed E-state index contributed by atoms with van der Waals surface area (Å²) in [5.74, 6) is 0.792. The molecule has 0 bridgehead atoms. The van der Waals surface area contributed by atoms with E-state index in [1.807, 2.05) is 0 Å². The summed E-state index contributed by atoms with van der Waals surface area (Å²) in [6, 6.07) is 0.823. The molecule has 2 heterocycles. The summed E-state index contributed by atoms with van der Waals surface area (Å²) in [6.07, 6.45) is 8.28. The van der Waals surface area contributed by atoms with Crippen molar-refractivity contribution < 1.29 is 0 Å². The fraction of sp³-hybridized carbons (Fsp3) is 1.00. The van der Waals surface area contributed by atoms with Gasteiger partial charge in [-0.3, -0.25) is 9.80 Å². The van der Waals surface area contributed by atoms with Crippen molar-refractivity contribution in [2.45, 2.75) is 57.0 Å². The highest BCUT2D eigenvalue weighted by molar-refractivity contribution is 5.03. The SMILES string of the molecule is CC1CCCC1(CN)N1CCC(N2CCCC2)C1. The topological polar surface area (TPSA) is 32.5 Å². The van der Waals surface area contributed by atoms with Gasteiger partial charge in [0.05, 0.1) is 0 Å². The Balaban J connectivity index is 1.66. The van der Waals surface area contributed by atoms with Gasteiger partial charge in [0.25, 0.3) is 0 Å². The third-order valence-electron chi connectivity index (χ3n) is 5.97. The summed E-state index contributed by atoms with van der Waals surface area (Å²) >= 11 is 0.